The Hall–Kier alpha value is -1.24. The zero-order valence-electron chi connectivity index (χ0n) is 14.1. The van der Waals surface area contributed by atoms with Gasteiger partial charge in [0.15, 0.2) is 0 Å². The Bertz CT molecular complexity index is 472. The van der Waals surface area contributed by atoms with Gasteiger partial charge in [0.05, 0.1) is 0 Å². The second kappa shape index (κ2) is 8.04. The van der Waals surface area contributed by atoms with E-state index in [9.17, 15) is 5.11 Å². The van der Waals surface area contributed by atoms with Crippen LogP contribution in [-0.2, 0) is 6.54 Å². The minimum absolute atomic E-state index is 0.288. The maximum atomic E-state index is 9.48. The number of likely N-dealkylation sites (N-methyl/N-ethyl adjacent to an activating group) is 1. The predicted octanol–water partition coefficient (Wildman–Crippen LogP) is 0.869. The van der Waals surface area contributed by atoms with Crippen molar-refractivity contribution >= 4 is 5.95 Å². The van der Waals surface area contributed by atoms with Crippen LogP contribution in [0.25, 0.3) is 0 Å². The molecule has 1 saturated heterocycles. The lowest BCUT2D eigenvalue weighted by atomic mass is 9.85. The number of rotatable bonds is 5. The van der Waals surface area contributed by atoms with Gasteiger partial charge in [0.2, 0.25) is 5.95 Å². The first-order valence-corrected chi connectivity index (χ1v) is 8.85. The van der Waals surface area contributed by atoms with E-state index in [4.69, 9.17) is 0 Å². The molecule has 1 saturated carbocycles. The van der Waals surface area contributed by atoms with E-state index in [-0.39, 0.29) is 6.61 Å². The third-order valence-electron chi connectivity index (χ3n) is 5.19. The van der Waals surface area contributed by atoms with Gasteiger partial charge in [0.25, 0.3) is 0 Å². The van der Waals surface area contributed by atoms with Crippen molar-refractivity contribution < 1.29 is 5.11 Å². The van der Waals surface area contributed by atoms with Crippen LogP contribution in [0.2, 0.25) is 0 Å². The van der Waals surface area contributed by atoms with E-state index < -0.39 is 0 Å². The first-order valence-electron chi connectivity index (χ1n) is 8.85. The average Bonchev–Trinajstić information content (AvgIpc) is 2.61. The molecule has 3 rings (SSSR count). The van der Waals surface area contributed by atoms with Crippen LogP contribution in [0, 0.1) is 5.92 Å². The molecule has 0 bridgehead atoms. The molecule has 6 nitrogen and oxygen atoms in total. The van der Waals surface area contributed by atoms with Crippen LogP contribution in [0.15, 0.2) is 12.4 Å². The average molecular weight is 319 g/mol. The predicted molar refractivity (Wildman–Crippen MR) is 91.4 cm³/mol. The first kappa shape index (κ1) is 16.6. The highest BCUT2D eigenvalue weighted by molar-refractivity contribution is 5.30. The number of nitrogens with one attached hydrogen (secondary N) is 1. The lowest BCUT2D eigenvalue weighted by Gasteiger charge is -2.32. The number of hydrogen-bond donors (Lipinski definition) is 2. The maximum absolute atomic E-state index is 9.48. The van der Waals surface area contributed by atoms with Gasteiger partial charge < -0.3 is 20.2 Å². The van der Waals surface area contributed by atoms with E-state index in [1.165, 1.54) is 12.8 Å². The van der Waals surface area contributed by atoms with Gasteiger partial charge in [-0.15, -0.1) is 0 Å². The summed E-state index contributed by atoms with van der Waals surface area (Å²) in [6.07, 6.45) is 8.66. The van der Waals surface area contributed by atoms with Crippen molar-refractivity contribution in [1.82, 2.24) is 20.2 Å². The van der Waals surface area contributed by atoms with Crippen LogP contribution in [0.3, 0.4) is 0 Å². The van der Waals surface area contributed by atoms with Crippen molar-refractivity contribution in [1.29, 1.82) is 0 Å². The third-order valence-corrected chi connectivity index (χ3v) is 5.19. The van der Waals surface area contributed by atoms with E-state index in [0.717, 1.165) is 57.1 Å². The summed E-state index contributed by atoms with van der Waals surface area (Å²) in [6.45, 7) is 5.19. The molecule has 0 aromatic carbocycles. The number of piperazine rings is 1. The lowest BCUT2D eigenvalue weighted by Crippen LogP contribution is -2.45. The van der Waals surface area contributed by atoms with Crippen molar-refractivity contribution in [2.45, 2.75) is 38.3 Å². The molecular formula is C17H29N5O. The first-order chi connectivity index (χ1) is 11.3. The zero-order valence-corrected chi connectivity index (χ0v) is 14.1. The summed E-state index contributed by atoms with van der Waals surface area (Å²) in [7, 11) is 2.15. The summed E-state index contributed by atoms with van der Waals surface area (Å²) in [5, 5.41) is 13.1. The van der Waals surface area contributed by atoms with Crippen LogP contribution in [0.1, 0.15) is 31.2 Å². The highest BCUT2D eigenvalue weighted by Crippen LogP contribution is 2.24. The van der Waals surface area contributed by atoms with Gasteiger partial charge in [0.1, 0.15) is 0 Å². The Morgan fingerprint density at radius 1 is 1.13 bits per heavy atom. The van der Waals surface area contributed by atoms with Gasteiger partial charge in [0, 0.05) is 63.3 Å². The van der Waals surface area contributed by atoms with E-state index in [1.807, 2.05) is 12.4 Å². The van der Waals surface area contributed by atoms with Crippen LogP contribution in [0.4, 0.5) is 5.95 Å². The molecule has 2 aliphatic rings. The lowest BCUT2D eigenvalue weighted by molar-refractivity contribution is 0.152. The third kappa shape index (κ3) is 4.40. The minimum Gasteiger partial charge on any atom is -0.396 e. The minimum atomic E-state index is 0.288. The normalized spacial score (nSPS) is 26.4. The Morgan fingerprint density at radius 2 is 1.83 bits per heavy atom. The van der Waals surface area contributed by atoms with Gasteiger partial charge in [-0.05, 0) is 25.8 Å². The summed E-state index contributed by atoms with van der Waals surface area (Å²) in [5.74, 6) is 1.24. The Kier molecular flexibility index (Phi) is 5.80. The van der Waals surface area contributed by atoms with Crippen LogP contribution < -0.4 is 10.2 Å². The molecule has 0 amide bonds. The molecule has 0 radical (unpaired) electrons. The molecular weight excluding hydrogens is 290 g/mol. The van der Waals surface area contributed by atoms with E-state index in [2.05, 4.69) is 32.1 Å². The topological polar surface area (TPSA) is 64.5 Å². The van der Waals surface area contributed by atoms with Crippen LogP contribution >= 0.6 is 0 Å². The molecule has 2 atom stereocenters. The molecule has 6 heteroatoms. The van der Waals surface area contributed by atoms with Gasteiger partial charge in [-0.25, -0.2) is 9.97 Å². The van der Waals surface area contributed by atoms with Crippen LogP contribution in [0.5, 0.6) is 0 Å². The molecule has 128 valence electrons. The summed E-state index contributed by atoms with van der Waals surface area (Å²) < 4.78 is 0. The van der Waals surface area contributed by atoms with Gasteiger partial charge in [-0.2, -0.15) is 0 Å². The fourth-order valence-corrected chi connectivity index (χ4v) is 3.55. The summed E-state index contributed by atoms with van der Waals surface area (Å²) in [5.41, 5.74) is 1.12. The maximum Gasteiger partial charge on any atom is 0.225 e. The van der Waals surface area contributed by atoms with Crippen LogP contribution in [-0.4, -0.2) is 65.8 Å². The van der Waals surface area contributed by atoms with E-state index in [0.29, 0.717) is 12.0 Å². The number of hydrogen-bond acceptors (Lipinski definition) is 6. The Labute approximate surface area is 138 Å². The number of aromatic nitrogens is 2. The molecule has 2 unspecified atom stereocenters. The molecule has 0 spiro atoms. The second-order valence-corrected chi connectivity index (χ2v) is 6.90. The molecule has 1 aliphatic heterocycles. The fourth-order valence-electron chi connectivity index (χ4n) is 3.55. The highest BCUT2D eigenvalue weighted by Gasteiger charge is 2.24. The standard InChI is InChI=1S/C17H29N5O/c1-21-6-8-22(9-7-21)17-19-11-14(12-20-17)10-18-16-5-3-2-4-15(16)13-23/h11-12,15-16,18,23H,2-10,13H2,1H3. The molecule has 23 heavy (non-hydrogen) atoms. The SMILES string of the molecule is CN1CCN(c2ncc(CNC3CCCCC3CO)cn2)CC1. The monoisotopic (exact) mass is 319 g/mol. The summed E-state index contributed by atoms with van der Waals surface area (Å²) >= 11 is 0. The van der Waals surface area contributed by atoms with E-state index in [1.54, 1.807) is 0 Å². The van der Waals surface area contributed by atoms with Gasteiger partial charge in [-0.1, -0.05) is 12.8 Å². The number of aliphatic hydroxyl groups is 1. The second-order valence-electron chi connectivity index (χ2n) is 6.90. The summed E-state index contributed by atoms with van der Waals surface area (Å²) in [4.78, 5) is 13.7. The van der Waals surface area contributed by atoms with Crippen molar-refractivity contribution in [2.24, 2.45) is 5.92 Å². The van der Waals surface area contributed by atoms with Gasteiger partial charge >= 0.3 is 0 Å². The number of nitrogens with zero attached hydrogens (tertiary/aromatic N) is 4. The van der Waals surface area contributed by atoms with Crippen molar-refractivity contribution in [3.8, 4) is 0 Å². The molecule has 1 aromatic rings. The number of anilines is 1. The van der Waals surface area contributed by atoms with Crippen molar-refractivity contribution in [2.75, 3.05) is 44.7 Å². The zero-order chi connectivity index (χ0) is 16.1. The Morgan fingerprint density at radius 3 is 2.52 bits per heavy atom. The highest BCUT2D eigenvalue weighted by atomic mass is 16.3. The van der Waals surface area contributed by atoms with Crippen molar-refractivity contribution in [3.63, 3.8) is 0 Å². The Balaban J connectivity index is 1.51. The smallest absolute Gasteiger partial charge is 0.225 e. The molecule has 2 fully saturated rings. The summed E-state index contributed by atoms with van der Waals surface area (Å²) in [6, 6.07) is 0.422. The quantitative estimate of drug-likeness (QED) is 0.840. The largest absolute Gasteiger partial charge is 0.396 e. The van der Waals surface area contributed by atoms with Crippen molar-refractivity contribution in [3.05, 3.63) is 18.0 Å². The molecule has 1 aliphatic carbocycles. The van der Waals surface area contributed by atoms with E-state index >= 15 is 0 Å². The fraction of sp³-hybridized carbons (Fsp3) is 0.765. The molecule has 2 heterocycles. The van der Waals surface area contributed by atoms with Gasteiger partial charge in [-0.3, -0.25) is 0 Å². The molecule has 2 N–H and O–H groups in total. The molecule has 1 aromatic heterocycles. The number of aliphatic hydroxyl groups excluding tert-OH is 1.